The minimum Gasteiger partial charge on any atom is -0.478 e. The summed E-state index contributed by atoms with van der Waals surface area (Å²) in [7, 11) is -7.66. The molecule has 0 radical (unpaired) electrons. The number of hydrogen-bond donors (Lipinski definition) is 1. The van der Waals surface area contributed by atoms with E-state index in [2.05, 4.69) is 10.2 Å². The lowest BCUT2D eigenvalue weighted by molar-refractivity contribution is -0.155. The first-order valence-corrected chi connectivity index (χ1v) is 19.5. The van der Waals surface area contributed by atoms with Gasteiger partial charge in [0.1, 0.15) is 23.0 Å². The lowest BCUT2D eigenvalue weighted by Gasteiger charge is -2.22. The predicted molar refractivity (Wildman–Crippen MR) is 184 cm³/mol. The fourth-order valence-electron chi connectivity index (χ4n) is 5.98. The monoisotopic (exact) mass is 824 g/mol. The van der Waals surface area contributed by atoms with Crippen LogP contribution in [0.25, 0.3) is 44.8 Å². The van der Waals surface area contributed by atoms with Crippen LogP contribution in [0.2, 0.25) is 0 Å². The smallest absolute Gasteiger partial charge is 0.433 e. The number of alkyl halides is 6. The average molecular weight is 825 g/mol. The zero-order valence-electron chi connectivity index (χ0n) is 28.4. The van der Waals surface area contributed by atoms with Crippen molar-refractivity contribution in [1.29, 1.82) is 0 Å². The van der Waals surface area contributed by atoms with Crippen molar-refractivity contribution in [2.24, 2.45) is 0 Å². The van der Waals surface area contributed by atoms with E-state index in [1.807, 2.05) is 0 Å². The zero-order chi connectivity index (χ0) is 41.1. The third kappa shape index (κ3) is 7.65. The summed E-state index contributed by atoms with van der Waals surface area (Å²) in [5, 5.41) is 18.4. The summed E-state index contributed by atoms with van der Waals surface area (Å²) in [6.45, 7) is 0. The van der Waals surface area contributed by atoms with E-state index in [9.17, 15) is 35.5 Å². The Balaban J connectivity index is 1.74. The van der Waals surface area contributed by atoms with Gasteiger partial charge < -0.3 is 5.11 Å². The van der Waals surface area contributed by atoms with Gasteiger partial charge in [0.15, 0.2) is 31.1 Å². The maximum Gasteiger partial charge on any atom is 0.433 e. The molecule has 292 valence electrons. The first-order valence-electron chi connectivity index (χ1n) is 15.7. The van der Waals surface area contributed by atoms with E-state index in [0.29, 0.717) is 0 Å². The van der Waals surface area contributed by atoms with Gasteiger partial charge in [-0.15, -0.1) is 0 Å². The Kier molecular flexibility index (Phi) is 9.95. The number of carboxylic acids is 1. The minimum absolute atomic E-state index is 0.228. The van der Waals surface area contributed by atoms with Gasteiger partial charge in [-0.25, -0.2) is 39.8 Å². The van der Waals surface area contributed by atoms with Crippen LogP contribution in [0.5, 0.6) is 0 Å². The van der Waals surface area contributed by atoms with Crippen molar-refractivity contribution in [2.45, 2.75) is 28.3 Å². The fourth-order valence-corrected chi connectivity index (χ4v) is 7.24. The highest BCUT2D eigenvalue weighted by molar-refractivity contribution is 7.91. The molecule has 10 nitrogen and oxygen atoms in total. The van der Waals surface area contributed by atoms with Crippen LogP contribution in [0.3, 0.4) is 0 Å². The van der Waals surface area contributed by atoms with Crippen LogP contribution >= 0.6 is 0 Å². The summed E-state index contributed by atoms with van der Waals surface area (Å²) in [4.78, 5) is 12.6. The second-order valence-corrected chi connectivity index (χ2v) is 16.4. The summed E-state index contributed by atoms with van der Waals surface area (Å²) in [6, 6.07) is 15.0. The van der Waals surface area contributed by atoms with Gasteiger partial charge in [-0.2, -0.15) is 36.5 Å². The lowest BCUT2D eigenvalue weighted by Crippen LogP contribution is -2.34. The van der Waals surface area contributed by atoms with Crippen molar-refractivity contribution < 1.29 is 61.9 Å². The molecule has 0 spiro atoms. The maximum absolute atomic E-state index is 15.3. The quantitative estimate of drug-likeness (QED) is 0.145. The molecule has 0 unspecified atom stereocenters. The largest absolute Gasteiger partial charge is 0.478 e. The van der Waals surface area contributed by atoms with Crippen molar-refractivity contribution in [3.8, 4) is 44.8 Å². The van der Waals surface area contributed by atoms with Gasteiger partial charge in [-0.05, 0) is 59.7 Å². The van der Waals surface area contributed by atoms with E-state index >= 15 is 26.3 Å². The first-order chi connectivity index (χ1) is 26.0. The molecule has 0 amide bonds. The second-order valence-electron chi connectivity index (χ2n) is 12.3. The number of halogens is 8. The van der Waals surface area contributed by atoms with Crippen molar-refractivity contribution in [3.05, 3.63) is 120 Å². The number of carbonyl (C=O) groups is 1. The van der Waals surface area contributed by atoms with Crippen molar-refractivity contribution in [1.82, 2.24) is 19.6 Å². The number of carboxylic acid groups (broad SMARTS) is 1. The minimum atomic E-state index is -5.58. The summed E-state index contributed by atoms with van der Waals surface area (Å²) < 4.78 is 168. The highest BCUT2D eigenvalue weighted by Crippen LogP contribution is 2.47. The summed E-state index contributed by atoms with van der Waals surface area (Å²) in [5.41, 5.74) is -8.20. The first kappa shape index (κ1) is 39.8. The summed E-state index contributed by atoms with van der Waals surface area (Å²) in [6.07, 6.45) is -12.5. The van der Waals surface area contributed by atoms with E-state index in [4.69, 9.17) is 0 Å². The molecule has 6 rings (SSSR count). The van der Waals surface area contributed by atoms with Crippen molar-refractivity contribution >= 4 is 25.6 Å². The van der Waals surface area contributed by atoms with Gasteiger partial charge in [0.2, 0.25) is 6.17 Å². The Bertz CT molecular complexity index is 2510. The van der Waals surface area contributed by atoms with Gasteiger partial charge >= 0.3 is 18.3 Å². The third-order valence-corrected chi connectivity index (χ3v) is 10.7. The Morgan fingerprint density at radius 3 is 1.09 bits per heavy atom. The van der Waals surface area contributed by atoms with Crippen molar-refractivity contribution in [3.63, 3.8) is 0 Å². The Morgan fingerprint density at radius 2 is 0.839 bits per heavy atom. The van der Waals surface area contributed by atoms with Crippen LogP contribution in [-0.4, -0.2) is 60.0 Å². The SMILES string of the molecule is CS(=O)(=O)c1ccc(-c2nn(C(C(=O)O)n3nc(-c4ccc(S(C)(=O)=O)cc4)c(-c4ccc(F)cc4)c3C(F)(F)F)c(C(F)(F)F)c2-c2ccc(F)cc2)cc1. The molecule has 0 atom stereocenters. The molecule has 56 heavy (non-hydrogen) atoms. The second kappa shape index (κ2) is 14.0. The standard InChI is InChI=1S/C36H24F8N4O6S2/c1-55(51,52)25-15-7-21(8-16-25)29-27(19-3-11-23(37)12-4-19)31(35(39,40)41)47(45-29)33(34(49)50)48-32(36(42,43)44)28(20-5-13-24(38)14-6-20)30(46-48)22-9-17-26(18-10-22)56(2,53)54/h3-18,33H,1-2H3,(H,49,50). The molecule has 0 fully saturated rings. The number of benzene rings is 4. The van der Waals surface area contributed by atoms with Gasteiger partial charge in [0, 0.05) is 34.8 Å². The normalized spacial score (nSPS) is 12.7. The van der Waals surface area contributed by atoms with Crippen LogP contribution in [0.15, 0.2) is 107 Å². The highest BCUT2D eigenvalue weighted by atomic mass is 32.2. The maximum atomic E-state index is 15.3. The molecule has 2 aromatic heterocycles. The third-order valence-electron chi connectivity index (χ3n) is 8.42. The van der Waals surface area contributed by atoms with Crippen molar-refractivity contribution in [2.75, 3.05) is 12.5 Å². The summed E-state index contributed by atoms with van der Waals surface area (Å²) >= 11 is 0. The highest BCUT2D eigenvalue weighted by Gasteiger charge is 2.48. The van der Waals surface area contributed by atoms with Gasteiger partial charge in [0.25, 0.3) is 0 Å². The lowest BCUT2D eigenvalue weighted by atomic mass is 9.98. The van der Waals surface area contributed by atoms with E-state index in [0.717, 1.165) is 110 Å². The molecular weight excluding hydrogens is 801 g/mol. The topological polar surface area (TPSA) is 141 Å². The van der Waals surface area contributed by atoms with Crippen LogP contribution in [0.4, 0.5) is 35.1 Å². The molecule has 0 saturated heterocycles. The number of nitrogens with zero attached hydrogens (tertiary/aromatic N) is 4. The van der Waals surface area contributed by atoms with Gasteiger partial charge in [-0.3, -0.25) is 0 Å². The number of rotatable bonds is 9. The predicted octanol–water partition coefficient (Wildman–Crippen LogP) is 8.00. The van der Waals surface area contributed by atoms with E-state index in [1.165, 1.54) is 0 Å². The van der Waals surface area contributed by atoms with Gasteiger partial charge in [0.05, 0.1) is 9.79 Å². The molecule has 0 aliphatic carbocycles. The van der Waals surface area contributed by atoms with Crippen LogP contribution in [-0.2, 0) is 36.8 Å². The molecule has 0 aliphatic heterocycles. The molecule has 6 aromatic rings. The number of sulfone groups is 2. The van der Waals surface area contributed by atoms with E-state index in [1.54, 1.807) is 0 Å². The van der Waals surface area contributed by atoms with Crippen LogP contribution < -0.4 is 0 Å². The van der Waals surface area contributed by atoms with E-state index < -0.39 is 101 Å². The molecule has 20 heteroatoms. The number of aliphatic carboxylic acids is 1. The zero-order valence-corrected chi connectivity index (χ0v) is 30.1. The molecule has 0 bridgehead atoms. The van der Waals surface area contributed by atoms with Crippen LogP contribution in [0, 0.1) is 11.6 Å². The number of hydrogen-bond acceptors (Lipinski definition) is 7. The Labute approximate surface area is 312 Å². The molecule has 0 aliphatic rings. The van der Waals surface area contributed by atoms with E-state index in [-0.39, 0.29) is 30.3 Å². The Hall–Kier alpha value is -5.89. The summed E-state index contributed by atoms with van der Waals surface area (Å²) in [5.74, 6) is -4.08. The molecule has 2 heterocycles. The van der Waals surface area contributed by atoms with Gasteiger partial charge in [-0.1, -0.05) is 48.5 Å². The fraction of sp³-hybridized carbons (Fsp3) is 0.139. The molecule has 1 N–H and O–H groups in total. The van der Waals surface area contributed by atoms with Crippen LogP contribution in [0.1, 0.15) is 17.6 Å². The molecule has 0 saturated carbocycles. The average Bonchev–Trinajstić information content (AvgIpc) is 3.69. The number of aromatic nitrogens is 4. The molecule has 4 aromatic carbocycles. The molecular formula is C36H24F8N4O6S2. The Morgan fingerprint density at radius 1 is 0.554 bits per heavy atom.